The van der Waals surface area contributed by atoms with Gasteiger partial charge in [0.2, 0.25) is 0 Å². The van der Waals surface area contributed by atoms with E-state index in [9.17, 15) is 14.0 Å². The number of ketones is 1. The topological polar surface area (TPSA) is 67.3 Å². The second-order valence-corrected chi connectivity index (χ2v) is 3.56. The fourth-order valence-corrected chi connectivity index (χ4v) is 1.52. The van der Waals surface area contributed by atoms with Crippen LogP contribution < -0.4 is 0 Å². The summed E-state index contributed by atoms with van der Waals surface area (Å²) in [5.41, 5.74) is 0.0721. The molecule has 1 heterocycles. The number of carboxylic acids is 1. The number of aromatic nitrogens is 1. The third kappa shape index (κ3) is 2.24. The number of carbonyl (C=O) groups excluding carboxylic acids is 1. The summed E-state index contributed by atoms with van der Waals surface area (Å²) in [5, 5.41) is 8.97. The van der Waals surface area contributed by atoms with Crippen LogP contribution >= 0.6 is 0 Å². The number of hydrogen-bond donors (Lipinski definition) is 1. The highest BCUT2D eigenvalue weighted by atomic mass is 19.1. The number of carbonyl (C=O) groups is 2. The fourth-order valence-electron chi connectivity index (χ4n) is 1.52. The second-order valence-electron chi connectivity index (χ2n) is 3.56. The Bertz CT molecular complexity index is 608. The van der Waals surface area contributed by atoms with E-state index in [-0.39, 0.29) is 16.7 Å². The summed E-state index contributed by atoms with van der Waals surface area (Å²) in [6.07, 6.45) is 2.49. The summed E-state index contributed by atoms with van der Waals surface area (Å²) in [6, 6.07) is 6.14. The first kappa shape index (κ1) is 11.9. The number of rotatable bonds is 3. The average molecular weight is 245 g/mol. The molecule has 2 rings (SSSR count). The van der Waals surface area contributed by atoms with Gasteiger partial charge >= 0.3 is 5.97 Å². The van der Waals surface area contributed by atoms with Crippen molar-refractivity contribution in [2.24, 2.45) is 0 Å². The molecule has 1 N–H and O–H groups in total. The molecule has 0 spiro atoms. The zero-order chi connectivity index (χ0) is 13.1. The molecular weight excluding hydrogens is 237 g/mol. The number of aromatic carboxylic acids is 1. The Hall–Kier alpha value is -2.56. The predicted octanol–water partition coefficient (Wildman–Crippen LogP) is 2.15. The van der Waals surface area contributed by atoms with Crippen molar-refractivity contribution in [3.63, 3.8) is 0 Å². The number of pyridine rings is 1. The van der Waals surface area contributed by atoms with Crippen molar-refractivity contribution in [1.29, 1.82) is 0 Å². The van der Waals surface area contributed by atoms with Gasteiger partial charge in [0.15, 0.2) is 5.78 Å². The van der Waals surface area contributed by atoms with E-state index >= 15 is 0 Å². The van der Waals surface area contributed by atoms with E-state index in [1.54, 1.807) is 0 Å². The van der Waals surface area contributed by atoms with Crippen molar-refractivity contribution in [3.05, 3.63) is 65.2 Å². The molecule has 0 atom stereocenters. The Labute approximate surface area is 102 Å². The van der Waals surface area contributed by atoms with Crippen LogP contribution in [0.3, 0.4) is 0 Å². The Morgan fingerprint density at radius 3 is 2.33 bits per heavy atom. The lowest BCUT2D eigenvalue weighted by atomic mass is 10.0. The van der Waals surface area contributed by atoms with Gasteiger partial charge in [0.1, 0.15) is 5.82 Å². The Morgan fingerprint density at radius 1 is 1.06 bits per heavy atom. The Morgan fingerprint density at radius 2 is 1.72 bits per heavy atom. The monoisotopic (exact) mass is 245 g/mol. The van der Waals surface area contributed by atoms with Crippen LogP contribution in [0.2, 0.25) is 0 Å². The van der Waals surface area contributed by atoms with Crippen LogP contribution in [-0.4, -0.2) is 21.8 Å². The largest absolute Gasteiger partial charge is 0.478 e. The molecule has 1 aromatic heterocycles. The van der Waals surface area contributed by atoms with Crippen molar-refractivity contribution in [3.8, 4) is 0 Å². The zero-order valence-electron chi connectivity index (χ0n) is 9.13. The normalized spacial score (nSPS) is 10.1. The van der Waals surface area contributed by atoms with Gasteiger partial charge in [-0.3, -0.25) is 9.78 Å². The molecule has 18 heavy (non-hydrogen) atoms. The lowest BCUT2D eigenvalue weighted by Gasteiger charge is -2.04. The first-order chi connectivity index (χ1) is 8.59. The molecule has 0 amide bonds. The minimum Gasteiger partial charge on any atom is -0.478 e. The van der Waals surface area contributed by atoms with Crippen LogP contribution in [-0.2, 0) is 0 Å². The third-order valence-corrected chi connectivity index (χ3v) is 2.40. The van der Waals surface area contributed by atoms with E-state index in [4.69, 9.17) is 5.11 Å². The van der Waals surface area contributed by atoms with E-state index in [1.165, 1.54) is 30.6 Å². The van der Waals surface area contributed by atoms with Gasteiger partial charge in [-0.2, -0.15) is 0 Å². The van der Waals surface area contributed by atoms with Gasteiger partial charge in [-0.25, -0.2) is 9.18 Å². The Kier molecular flexibility index (Phi) is 3.14. The molecule has 0 radical (unpaired) electrons. The highest BCUT2D eigenvalue weighted by molar-refractivity contribution is 6.13. The molecule has 4 nitrogen and oxygen atoms in total. The first-order valence-electron chi connectivity index (χ1n) is 5.07. The van der Waals surface area contributed by atoms with Crippen LogP contribution in [0, 0.1) is 5.82 Å². The molecule has 0 aliphatic heterocycles. The maximum absolute atomic E-state index is 12.7. The molecule has 90 valence electrons. The van der Waals surface area contributed by atoms with Crippen molar-refractivity contribution < 1.29 is 19.1 Å². The summed E-state index contributed by atoms with van der Waals surface area (Å²) in [4.78, 5) is 26.8. The van der Waals surface area contributed by atoms with E-state index < -0.39 is 17.6 Å². The average Bonchev–Trinajstić information content (AvgIpc) is 2.39. The van der Waals surface area contributed by atoms with Gasteiger partial charge in [-0.1, -0.05) is 0 Å². The van der Waals surface area contributed by atoms with Crippen LogP contribution in [0.1, 0.15) is 26.3 Å². The summed E-state index contributed by atoms with van der Waals surface area (Å²) in [7, 11) is 0. The predicted molar refractivity (Wildman–Crippen MR) is 61.0 cm³/mol. The Balaban J connectivity index is 2.46. The van der Waals surface area contributed by atoms with Gasteiger partial charge in [0.25, 0.3) is 0 Å². The molecule has 2 aromatic rings. The molecule has 0 saturated heterocycles. The maximum Gasteiger partial charge on any atom is 0.336 e. The molecule has 1 aromatic carbocycles. The molecule has 0 aliphatic carbocycles. The van der Waals surface area contributed by atoms with Crippen LogP contribution in [0.5, 0.6) is 0 Å². The highest BCUT2D eigenvalue weighted by Gasteiger charge is 2.17. The maximum atomic E-state index is 12.7. The number of carboxylic acid groups (broad SMARTS) is 1. The number of benzene rings is 1. The lowest BCUT2D eigenvalue weighted by Crippen LogP contribution is -2.10. The number of hydrogen-bond acceptors (Lipinski definition) is 3. The smallest absolute Gasteiger partial charge is 0.336 e. The molecule has 0 saturated carbocycles. The van der Waals surface area contributed by atoms with Gasteiger partial charge < -0.3 is 5.11 Å². The fraction of sp³-hybridized carbons (Fsp3) is 0. The van der Waals surface area contributed by atoms with Crippen LogP contribution in [0.4, 0.5) is 4.39 Å². The zero-order valence-corrected chi connectivity index (χ0v) is 9.13. The molecule has 0 aliphatic rings. The molecule has 0 bridgehead atoms. The standard InChI is InChI=1S/C13H8FNO3/c14-9-3-1-8(2-4-9)12(16)11-7-15-6-5-10(11)13(17)18/h1-7H,(H,17,18). The minimum atomic E-state index is -1.21. The highest BCUT2D eigenvalue weighted by Crippen LogP contribution is 2.14. The van der Waals surface area contributed by atoms with Gasteiger partial charge in [-0.15, -0.1) is 0 Å². The molecule has 0 fully saturated rings. The van der Waals surface area contributed by atoms with Gasteiger partial charge in [0.05, 0.1) is 11.1 Å². The lowest BCUT2D eigenvalue weighted by molar-refractivity contribution is 0.0692. The van der Waals surface area contributed by atoms with Crippen molar-refractivity contribution >= 4 is 11.8 Å². The van der Waals surface area contributed by atoms with E-state index in [2.05, 4.69) is 4.98 Å². The van der Waals surface area contributed by atoms with E-state index in [1.807, 2.05) is 0 Å². The quantitative estimate of drug-likeness (QED) is 0.841. The number of halogens is 1. The van der Waals surface area contributed by atoms with Crippen molar-refractivity contribution in [2.75, 3.05) is 0 Å². The molecular formula is C13H8FNO3. The third-order valence-electron chi connectivity index (χ3n) is 2.40. The molecule has 5 heteroatoms. The van der Waals surface area contributed by atoms with Crippen LogP contribution in [0.25, 0.3) is 0 Å². The van der Waals surface area contributed by atoms with Crippen molar-refractivity contribution in [2.45, 2.75) is 0 Å². The van der Waals surface area contributed by atoms with Crippen molar-refractivity contribution in [1.82, 2.24) is 4.98 Å². The van der Waals surface area contributed by atoms with E-state index in [0.717, 1.165) is 12.1 Å². The molecule has 0 unspecified atom stereocenters. The SMILES string of the molecule is O=C(O)c1ccncc1C(=O)c1ccc(F)cc1. The second kappa shape index (κ2) is 4.75. The summed E-state index contributed by atoms with van der Waals surface area (Å²) in [6.45, 7) is 0. The van der Waals surface area contributed by atoms with Gasteiger partial charge in [0, 0.05) is 18.0 Å². The van der Waals surface area contributed by atoms with Gasteiger partial charge in [-0.05, 0) is 30.3 Å². The summed E-state index contributed by atoms with van der Waals surface area (Å²) in [5.74, 6) is -2.17. The van der Waals surface area contributed by atoms with E-state index in [0.29, 0.717) is 0 Å². The minimum absolute atomic E-state index is 0.0170. The first-order valence-corrected chi connectivity index (χ1v) is 5.07. The summed E-state index contributed by atoms with van der Waals surface area (Å²) < 4.78 is 12.7. The summed E-state index contributed by atoms with van der Waals surface area (Å²) >= 11 is 0. The van der Waals surface area contributed by atoms with Crippen LogP contribution in [0.15, 0.2) is 42.7 Å². The number of nitrogens with zero attached hydrogens (tertiary/aromatic N) is 1.